The van der Waals surface area contributed by atoms with Crippen LogP contribution in [0, 0.1) is 0 Å². The number of rotatable bonds is 6. The number of halogens is 1. The van der Waals surface area contributed by atoms with Crippen LogP contribution in [-0.4, -0.2) is 5.91 Å². The predicted octanol–water partition coefficient (Wildman–Crippen LogP) is 8.18. The highest BCUT2D eigenvalue weighted by Crippen LogP contribution is 2.36. The minimum Gasteiger partial charge on any atom is -0.459 e. The first kappa shape index (κ1) is 22.2. The van der Waals surface area contributed by atoms with Crippen LogP contribution in [0.3, 0.4) is 0 Å². The lowest BCUT2D eigenvalue weighted by molar-refractivity contribution is -0.115. The molecule has 0 fully saturated rings. The second-order valence-electron chi connectivity index (χ2n) is 8.76. The molecule has 164 valence electrons. The van der Waals surface area contributed by atoms with Gasteiger partial charge in [-0.05, 0) is 41.2 Å². The quantitative estimate of drug-likeness (QED) is 0.325. The van der Waals surface area contributed by atoms with E-state index in [1.165, 1.54) is 0 Å². The van der Waals surface area contributed by atoms with Crippen LogP contribution < -0.4 is 5.32 Å². The highest BCUT2D eigenvalue weighted by molar-refractivity contribution is 6.31. The number of anilines is 1. The van der Waals surface area contributed by atoms with E-state index >= 15 is 0 Å². The van der Waals surface area contributed by atoms with Gasteiger partial charge in [0.1, 0.15) is 11.5 Å². The van der Waals surface area contributed by atoms with E-state index in [0.717, 1.165) is 38.9 Å². The van der Waals surface area contributed by atoms with Crippen molar-refractivity contribution >= 4 is 34.0 Å². The summed E-state index contributed by atoms with van der Waals surface area (Å²) in [7, 11) is 0. The molecule has 3 nitrogen and oxygen atoms in total. The molecule has 0 atom stereocenters. The van der Waals surface area contributed by atoms with Gasteiger partial charge in [-0.15, -0.1) is 0 Å². The van der Waals surface area contributed by atoms with Crippen LogP contribution in [-0.2, 0) is 11.2 Å². The van der Waals surface area contributed by atoms with E-state index in [1.54, 1.807) is 0 Å². The van der Waals surface area contributed by atoms with Crippen molar-refractivity contribution in [2.24, 2.45) is 0 Å². The summed E-state index contributed by atoms with van der Waals surface area (Å²) in [6, 6.07) is 21.8. The SMILES string of the molecule is CC(C)c1cccc(C(C)C)c1NC(=O)Cc1oc(-c2ccccc2)c2cc(Cl)ccc12. The number of benzene rings is 3. The topological polar surface area (TPSA) is 42.2 Å². The first-order valence-electron chi connectivity index (χ1n) is 11.0. The first-order chi connectivity index (χ1) is 15.3. The van der Waals surface area contributed by atoms with Gasteiger partial charge >= 0.3 is 0 Å². The van der Waals surface area contributed by atoms with E-state index < -0.39 is 0 Å². The number of amides is 1. The van der Waals surface area contributed by atoms with Crippen molar-refractivity contribution in [3.05, 3.63) is 88.6 Å². The Morgan fingerprint density at radius 3 is 2.16 bits per heavy atom. The number of hydrogen-bond donors (Lipinski definition) is 1. The fourth-order valence-electron chi connectivity index (χ4n) is 4.14. The maximum Gasteiger partial charge on any atom is 0.232 e. The zero-order valence-corrected chi connectivity index (χ0v) is 19.7. The molecule has 1 heterocycles. The molecule has 0 spiro atoms. The number of para-hydroxylation sites is 1. The van der Waals surface area contributed by atoms with Gasteiger partial charge in [-0.1, -0.05) is 87.8 Å². The summed E-state index contributed by atoms with van der Waals surface area (Å²) in [4.78, 5) is 13.2. The molecule has 3 aromatic carbocycles. The Morgan fingerprint density at radius 1 is 0.875 bits per heavy atom. The van der Waals surface area contributed by atoms with Crippen molar-refractivity contribution in [1.82, 2.24) is 0 Å². The summed E-state index contributed by atoms with van der Waals surface area (Å²) in [5, 5.41) is 5.65. The lowest BCUT2D eigenvalue weighted by atomic mass is 9.92. The molecule has 0 saturated carbocycles. The van der Waals surface area contributed by atoms with Crippen LogP contribution in [0.15, 0.2) is 71.1 Å². The maximum atomic E-state index is 13.2. The molecule has 4 heteroatoms. The number of hydrogen-bond acceptors (Lipinski definition) is 2. The molecule has 1 aromatic heterocycles. The van der Waals surface area contributed by atoms with Crippen LogP contribution >= 0.6 is 11.6 Å². The first-order valence-corrected chi connectivity index (χ1v) is 11.4. The zero-order chi connectivity index (χ0) is 22.8. The molecule has 1 amide bonds. The summed E-state index contributed by atoms with van der Waals surface area (Å²) in [6.07, 6.45) is 0.148. The van der Waals surface area contributed by atoms with Gasteiger partial charge in [0.05, 0.1) is 6.42 Å². The molecule has 4 aromatic rings. The third-order valence-electron chi connectivity index (χ3n) is 5.75. The number of carbonyl (C=O) groups excluding carboxylic acids is 1. The Kier molecular flexibility index (Phi) is 6.38. The van der Waals surface area contributed by atoms with Gasteiger partial charge in [0.25, 0.3) is 0 Å². The molecule has 0 aliphatic carbocycles. The molecule has 32 heavy (non-hydrogen) atoms. The van der Waals surface area contributed by atoms with Crippen LogP contribution in [0.5, 0.6) is 0 Å². The van der Waals surface area contributed by atoms with E-state index in [1.807, 2.05) is 48.5 Å². The predicted molar refractivity (Wildman–Crippen MR) is 134 cm³/mol. The minimum atomic E-state index is -0.0924. The van der Waals surface area contributed by atoms with Crippen LogP contribution in [0.2, 0.25) is 5.02 Å². The van der Waals surface area contributed by atoms with Crippen LogP contribution in [0.25, 0.3) is 22.1 Å². The summed E-state index contributed by atoms with van der Waals surface area (Å²) in [5.74, 6) is 1.89. The van der Waals surface area contributed by atoms with E-state index in [0.29, 0.717) is 22.6 Å². The van der Waals surface area contributed by atoms with Gasteiger partial charge in [0.2, 0.25) is 5.91 Å². The van der Waals surface area contributed by atoms with Gasteiger partial charge < -0.3 is 9.73 Å². The van der Waals surface area contributed by atoms with Crippen molar-refractivity contribution in [2.75, 3.05) is 5.32 Å². The molecule has 0 unspecified atom stereocenters. The Hall–Kier alpha value is -3.04. The second kappa shape index (κ2) is 9.22. The molecule has 0 aliphatic rings. The molecule has 0 aliphatic heterocycles. The summed E-state index contributed by atoms with van der Waals surface area (Å²) in [5.41, 5.74) is 4.17. The summed E-state index contributed by atoms with van der Waals surface area (Å²) < 4.78 is 6.25. The van der Waals surface area contributed by atoms with Crippen molar-refractivity contribution in [2.45, 2.75) is 46.0 Å². The normalized spacial score (nSPS) is 11.5. The third kappa shape index (κ3) is 4.44. The molecular formula is C28H28ClNO2. The highest BCUT2D eigenvalue weighted by Gasteiger charge is 2.20. The highest BCUT2D eigenvalue weighted by atomic mass is 35.5. The fourth-order valence-corrected chi connectivity index (χ4v) is 4.31. The van der Waals surface area contributed by atoms with E-state index in [4.69, 9.17) is 16.0 Å². The van der Waals surface area contributed by atoms with Crippen LogP contribution in [0.4, 0.5) is 5.69 Å². The van der Waals surface area contributed by atoms with Crippen molar-refractivity contribution in [3.8, 4) is 11.3 Å². The second-order valence-corrected chi connectivity index (χ2v) is 9.19. The van der Waals surface area contributed by atoms with E-state index in [-0.39, 0.29) is 12.3 Å². The monoisotopic (exact) mass is 445 g/mol. The van der Waals surface area contributed by atoms with Gasteiger partial charge in [-0.3, -0.25) is 4.79 Å². The fraction of sp³-hybridized carbons (Fsp3) is 0.250. The standard InChI is InChI=1S/C28H28ClNO2/c1-17(2)21-11-8-12-22(18(3)4)27(21)30-26(31)16-25-23-14-13-20(29)15-24(23)28(32-25)19-9-6-5-7-10-19/h5-15,17-18H,16H2,1-4H3,(H,30,31). The molecule has 0 saturated heterocycles. The Morgan fingerprint density at radius 2 is 1.53 bits per heavy atom. The number of fused-ring (bicyclic) bond motifs is 1. The molecule has 4 rings (SSSR count). The lowest BCUT2D eigenvalue weighted by Gasteiger charge is -2.20. The Bertz CT molecular complexity index is 1230. The van der Waals surface area contributed by atoms with Crippen molar-refractivity contribution in [3.63, 3.8) is 0 Å². The number of furan rings is 1. The van der Waals surface area contributed by atoms with Crippen LogP contribution in [0.1, 0.15) is 56.4 Å². The van der Waals surface area contributed by atoms with Gasteiger partial charge in [0, 0.05) is 27.0 Å². The van der Waals surface area contributed by atoms with Gasteiger partial charge in [0.15, 0.2) is 0 Å². The molecule has 0 radical (unpaired) electrons. The minimum absolute atomic E-state index is 0.0924. The number of nitrogens with one attached hydrogen (secondary N) is 1. The number of carbonyl (C=O) groups is 1. The van der Waals surface area contributed by atoms with Crippen molar-refractivity contribution in [1.29, 1.82) is 0 Å². The average Bonchev–Trinajstić information content (AvgIpc) is 3.11. The molecule has 0 bridgehead atoms. The maximum absolute atomic E-state index is 13.2. The summed E-state index contributed by atoms with van der Waals surface area (Å²) in [6.45, 7) is 8.58. The molecule has 1 N–H and O–H groups in total. The summed E-state index contributed by atoms with van der Waals surface area (Å²) >= 11 is 6.27. The largest absolute Gasteiger partial charge is 0.459 e. The van der Waals surface area contributed by atoms with Gasteiger partial charge in [-0.2, -0.15) is 0 Å². The van der Waals surface area contributed by atoms with E-state index in [9.17, 15) is 4.79 Å². The van der Waals surface area contributed by atoms with E-state index in [2.05, 4.69) is 51.2 Å². The third-order valence-corrected chi connectivity index (χ3v) is 5.98. The smallest absolute Gasteiger partial charge is 0.232 e. The zero-order valence-electron chi connectivity index (χ0n) is 18.9. The average molecular weight is 446 g/mol. The Balaban J connectivity index is 1.71. The van der Waals surface area contributed by atoms with Gasteiger partial charge in [-0.25, -0.2) is 0 Å². The lowest BCUT2D eigenvalue weighted by Crippen LogP contribution is -2.17. The van der Waals surface area contributed by atoms with Crippen molar-refractivity contribution < 1.29 is 9.21 Å². The Labute approximate surface area is 194 Å². The molecular weight excluding hydrogens is 418 g/mol.